The number of nitrogens with one attached hydrogen (secondary N) is 1. The van der Waals surface area contributed by atoms with Crippen molar-refractivity contribution in [1.29, 1.82) is 0 Å². The summed E-state index contributed by atoms with van der Waals surface area (Å²) in [4.78, 5) is 24.8. The molecule has 0 spiro atoms. The summed E-state index contributed by atoms with van der Waals surface area (Å²) in [6, 6.07) is 10.1. The van der Waals surface area contributed by atoms with Crippen molar-refractivity contribution >= 4 is 50.8 Å². The maximum atomic E-state index is 13.5. The Balaban J connectivity index is 1.75. The van der Waals surface area contributed by atoms with Crippen LogP contribution >= 0.6 is 23.2 Å². The Morgan fingerprint density at radius 1 is 1.14 bits per heavy atom. The lowest BCUT2D eigenvalue weighted by molar-refractivity contribution is -0.125. The van der Waals surface area contributed by atoms with Crippen molar-refractivity contribution in [1.82, 2.24) is 5.32 Å². The highest BCUT2D eigenvalue weighted by Crippen LogP contribution is 2.31. The maximum absolute atomic E-state index is 13.5. The molecule has 1 saturated carbocycles. The summed E-state index contributed by atoms with van der Waals surface area (Å²) in [5, 5.41) is 3.33. The highest BCUT2D eigenvalue weighted by Gasteiger charge is 2.30. The van der Waals surface area contributed by atoms with Crippen LogP contribution in [0.1, 0.15) is 43.5 Å². The van der Waals surface area contributed by atoms with E-state index in [0.717, 1.165) is 29.6 Å². The molecule has 1 amide bonds. The van der Waals surface area contributed by atoms with Gasteiger partial charge in [0.1, 0.15) is 4.90 Å². The predicted octanol–water partition coefficient (Wildman–Crippen LogP) is 5.47. The Labute approximate surface area is 222 Å². The molecule has 0 saturated heterocycles. The summed E-state index contributed by atoms with van der Waals surface area (Å²) in [5.74, 6) is -0.378. The second-order valence-electron chi connectivity index (χ2n) is 8.96. The lowest BCUT2D eigenvalue weighted by atomic mass is 9.78. The number of ether oxygens (including phenoxy) is 1. The molecular weight excluding hydrogens is 523 g/mol. The second-order valence-corrected chi connectivity index (χ2v) is 11.6. The highest BCUT2D eigenvalue weighted by molar-refractivity contribution is 7.93. The summed E-state index contributed by atoms with van der Waals surface area (Å²) >= 11 is 12.2. The first-order valence-electron chi connectivity index (χ1n) is 11.7. The Hall–Kier alpha value is -2.55. The van der Waals surface area contributed by atoms with Gasteiger partial charge >= 0.3 is 5.97 Å². The van der Waals surface area contributed by atoms with Crippen LogP contribution in [0.3, 0.4) is 0 Å². The van der Waals surface area contributed by atoms with Gasteiger partial charge in [0.15, 0.2) is 6.61 Å². The van der Waals surface area contributed by atoms with Gasteiger partial charge in [-0.1, -0.05) is 56.0 Å². The van der Waals surface area contributed by atoms with Crippen molar-refractivity contribution in [3.8, 4) is 0 Å². The van der Waals surface area contributed by atoms with E-state index in [0.29, 0.717) is 22.5 Å². The van der Waals surface area contributed by atoms with Gasteiger partial charge in [-0.25, -0.2) is 13.2 Å². The number of hydrogen-bond acceptors (Lipinski definition) is 5. The molecule has 36 heavy (non-hydrogen) atoms. The molecule has 0 radical (unpaired) electrons. The summed E-state index contributed by atoms with van der Waals surface area (Å²) in [7, 11) is -4.18. The molecule has 1 fully saturated rings. The lowest BCUT2D eigenvalue weighted by Crippen LogP contribution is -2.45. The third-order valence-electron chi connectivity index (χ3n) is 6.53. The normalized spacial score (nSPS) is 19.8. The third-order valence-corrected chi connectivity index (χ3v) is 9.06. The monoisotopic (exact) mass is 552 g/mol. The highest BCUT2D eigenvalue weighted by atomic mass is 35.5. The van der Waals surface area contributed by atoms with Crippen molar-refractivity contribution in [3.63, 3.8) is 0 Å². The van der Waals surface area contributed by atoms with Gasteiger partial charge in [-0.15, -0.1) is 6.58 Å². The van der Waals surface area contributed by atoms with Gasteiger partial charge in [-0.3, -0.25) is 9.10 Å². The van der Waals surface area contributed by atoms with E-state index in [1.165, 1.54) is 18.2 Å². The molecule has 0 aliphatic heterocycles. The molecule has 1 aliphatic carbocycles. The van der Waals surface area contributed by atoms with E-state index in [2.05, 4.69) is 25.7 Å². The van der Waals surface area contributed by atoms with E-state index >= 15 is 0 Å². The van der Waals surface area contributed by atoms with Crippen LogP contribution < -0.4 is 9.62 Å². The smallest absolute Gasteiger partial charge is 0.338 e. The Kier molecular flexibility index (Phi) is 9.44. The Morgan fingerprint density at radius 3 is 2.50 bits per heavy atom. The number of anilines is 1. The van der Waals surface area contributed by atoms with Crippen molar-refractivity contribution in [2.45, 2.75) is 44.0 Å². The molecule has 3 rings (SSSR count). The molecule has 1 aliphatic rings. The van der Waals surface area contributed by atoms with Gasteiger partial charge < -0.3 is 10.1 Å². The summed E-state index contributed by atoms with van der Waals surface area (Å²) < 4.78 is 33.3. The zero-order valence-electron chi connectivity index (χ0n) is 20.2. The molecule has 2 aromatic carbocycles. The largest absolute Gasteiger partial charge is 0.452 e. The molecule has 0 heterocycles. The van der Waals surface area contributed by atoms with Crippen molar-refractivity contribution in [3.05, 3.63) is 70.7 Å². The minimum Gasteiger partial charge on any atom is -0.452 e. The number of nitrogens with zero attached hydrogens (tertiary/aromatic N) is 1. The minimum atomic E-state index is -4.18. The number of benzene rings is 2. The fraction of sp³-hybridized carbons (Fsp3) is 0.385. The SMILES string of the molecule is C=CCN(c1ccc(Cl)cc1)S(=O)(=O)c1cc(C(=O)OCC(=O)N[C@H]2CCC[C@@H](C)[C@@H]2C)ccc1Cl. The molecule has 10 heteroatoms. The zero-order valence-corrected chi connectivity index (χ0v) is 22.6. The second kappa shape index (κ2) is 12.1. The fourth-order valence-corrected chi connectivity index (χ4v) is 6.33. The van der Waals surface area contributed by atoms with E-state index < -0.39 is 28.5 Å². The summed E-state index contributed by atoms with van der Waals surface area (Å²) in [6.07, 6.45) is 4.49. The van der Waals surface area contributed by atoms with Crippen molar-refractivity contribution in [2.24, 2.45) is 11.8 Å². The van der Waals surface area contributed by atoms with Gasteiger partial charge in [0.25, 0.3) is 15.9 Å². The van der Waals surface area contributed by atoms with E-state index in [1.807, 2.05) is 0 Å². The van der Waals surface area contributed by atoms with Crippen LogP contribution in [0.5, 0.6) is 0 Å². The quantitative estimate of drug-likeness (QED) is 0.328. The van der Waals surface area contributed by atoms with Crippen LogP contribution in [0.15, 0.2) is 60.0 Å². The van der Waals surface area contributed by atoms with E-state index in [4.69, 9.17) is 27.9 Å². The number of esters is 1. The topological polar surface area (TPSA) is 92.8 Å². The zero-order chi connectivity index (χ0) is 26.5. The Morgan fingerprint density at radius 2 is 1.83 bits per heavy atom. The summed E-state index contributed by atoms with van der Waals surface area (Å²) in [6.45, 7) is 7.41. The number of carbonyl (C=O) groups excluding carboxylic acids is 2. The molecule has 1 N–H and O–H groups in total. The molecule has 194 valence electrons. The van der Waals surface area contributed by atoms with Crippen LogP contribution in [0, 0.1) is 11.8 Å². The number of carbonyl (C=O) groups is 2. The van der Waals surface area contributed by atoms with Crippen molar-refractivity contribution < 1.29 is 22.7 Å². The predicted molar refractivity (Wildman–Crippen MR) is 142 cm³/mol. The standard InChI is InChI=1S/C26H30Cl2N2O5S/c1-4-14-30(21-11-9-20(27)10-12-21)36(33,34)24-15-19(8-13-22(24)28)26(32)35-16-25(31)29-23-7-5-6-17(2)18(23)3/h4,8-13,15,17-18,23H,1,5-7,14,16H2,2-3H3,(H,29,31)/t17-,18+,23+/m1/s1. The van der Waals surface area contributed by atoms with Crippen LogP contribution in [0.4, 0.5) is 5.69 Å². The third kappa shape index (κ3) is 6.60. The van der Waals surface area contributed by atoms with E-state index in [1.54, 1.807) is 24.3 Å². The molecule has 0 unspecified atom stereocenters. The molecule has 2 aromatic rings. The lowest BCUT2D eigenvalue weighted by Gasteiger charge is -2.34. The van der Waals surface area contributed by atoms with E-state index in [-0.39, 0.29) is 28.1 Å². The first-order valence-corrected chi connectivity index (χ1v) is 13.9. The first-order chi connectivity index (χ1) is 17.0. The van der Waals surface area contributed by atoms with Gasteiger partial charge in [-0.2, -0.15) is 0 Å². The average molecular weight is 554 g/mol. The minimum absolute atomic E-state index is 0.0344. The first kappa shape index (κ1) is 28.0. The average Bonchev–Trinajstić information content (AvgIpc) is 2.84. The molecule has 7 nitrogen and oxygen atoms in total. The number of hydrogen-bond donors (Lipinski definition) is 1. The van der Waals surface area contributed by atoms with Crippen molar-refractivity contribution in [2.75, 3.05) is 17.5 Å². The number of sulfonamides is 1. The number of rotatable bonds is 9. The molecule has 0 bridgehead atoms. The van der Waals surface area contributed by atoms with Crippen LogP contribution in [0.25, 0.3) is 0 Å². The van der Waals surface area contributed by atoms with Gasteiger partial charge in [-0.05, 0) is 60.7 Å². The van der Waals surface area contributed by atoms with Crippen LogP contribution in [-0.4, -0.2) is 39.5 Å². The molecule has 0 aromatic heterocycles. The number of halogens is 2. The van der Waals surface area contributed by atoms with Crippen LogP contribution in [0.2, 0.25) is 10.0 Å². The number of amides is 1. The van der Waals surface area contributed by atoms with Gasteiger partial charge in [0, 0.05) is 11.1 Å². The Bertz CT molecular complexity index is 1220. The molecule has 3 atom stereocenters. The van der Waals surface area contributed by atoms with Gasteiger partial charge in [0.2, 0.25) is 0 Å². The van der Waals surface area contributed by atoms with E-state index in [9.17, 15) is 18.0 Å². The van der Waals surface area contributed by atoms with Crippen LogP contribution in [-0.2, 0) is 19.6 Å². The fourth-order valence-electron chi connectivity index (χ4n) is 4.26. The molecular formula is C26H30Cl2N2O5S. The van der Waals surface area contributed by atoms with Gasteiger partial charge in [0.05, 0.1) is 22.8 Å². The summed E-state index contributed by atoms with van der Waals surface area (Å²) in [5.41, 5.74) is 0.311. The maximum Gasteiger partial charge on any atom is 0.338 e.